The highest BCUT2D eigenvalue weighted by Gasteiger charge is 2.19. The Hall–Kier alpha value is -4.57. The number of carbonyl (C=O) groups is 2. The lowest BCUT2D eigenvalue weighted by molar-refractivity contribution is -0.120. The van der Waals surface area contributed by atoms with E-state index < -0.39 is 18.2 Å². The Kier molecular flexibility index (Phi) is 11.6. The van der Waals surface area contributed by atoms with Crippen molar-refractivity contribution in [2.75, 3.05) is 12.3 Å². The molecule has 1 aromatic heterocycles. The van der Waals surface area contributed by atoms with Crippen LogP contribution in [-0.2, 0) is 24.2 Å². The Morgan fingerprint density at radius 2 is 1.57 bits per heavy atom. The van der Waals surface area contributed by atoms with Gasteiger partial charge in [-0.2, -0.15) is 0 Å². The fraction of sp³-hybridized carbons (Fsp3) is 0.286. The first kappa shape index (κ1) is 32.3. The van der Waals surface area contributed by atoms with E-state index in [0.29, 0.717) is 30.0 Å². The third-order valence-corrected chi connectivity index (χ3v) is 7.43. The van der Waals surface area contributed by atoms with E-state index >= 15 is 0 Å². The molecule has 0 fully saturated rings. The van der Waals surface area contributed by atoms with Crippen LogP contribution >= 0.6 is 0 Å². The number of nitrogens with two attached hydrogens (primary N) is 1. The van der Waals surface area contributed by atoms with Crippen molar-refractivity contribution in [2.45, 2.75) is 57.5 Å². The van der Waals surface area contributed by atoms with Crippen molar-refractivity contribution < 1.29 is 19.8 Å². The SMILES string of the molecule is CC(Cc1cccc(CC(=O)NCc2ccc(C(=O)N[C@H](C)[C@@H](O)c3ccccc3)cc2)c1)NC[C@H](O)c1ccc(N)nc1. The number of carbonyl (C=O) groups excluding carboxylic acids is 2. The van der Waals surface area contributed by atoms with Crippen LogP contribution < -0.4 is 21.7 Å². The quantitative estimate of drug-likeness (QED) is 0.130. The van der Waals surface area contributed by atoms with Gasteiger partial charge in [0.1, 0.15) is 5.82 Å². The van der Waals surface area contributed by atoms with E-state index in [4.69, 9.17) is 5.73 Å². The average Bonchev–Trinajstić information content (AvgIpc) is 3.03. The first-order chi connectivity index (χ1) is 21.2. The number of nitrogens with one attached hydrogen (secondary N) is 3. The van der Waals surface area contributed by atoms with Gasteiger partial charge in [-0.15, -0.1) is 0 Å². The zero-order chi connectivity index (χ0) is 31.5. The maximum atomic E-state index is 12.7. The lowest BCUT2D eigenvalue weighted by atomic mass is 10.0. The van der Waals surface area contributed by atoms with Gasteiger partial charge in [0.2, 0.25) is 5.91 Å². The predicted molar refractivity (Wildman–Crippen MR) is 172 cm³/mol. The number of hydrogen-bond acceptors (Lipinski definition) is 7. The van der Waals surface area contributed by atoms with Crippen LogP contribution in [0.4, 0.5) is 5.82 Å². The normalized spacial score (nSPS) is 13.8. The molecule has 0 bridgehead atoms. The Morgan fingerprint density at radius 1 is 0.841 bits per heavy atom. The molecule has 1 heterocycles. The van der Waals surface area contributed by atoms with Crippen LogP contribution in [0.3, 0.4) is 0 Å². The van der Waals surface area contributed by atoms with Gasteiger partial charge in [0.15, 0.2) is 0 Å². The van der Waals surface area contributed by atoms with Gasteiger partial charge in [-0.25, -0.2) is 4.98 Å². The molecule has 7 N–H and O–H groups in total. The van der Waals surface area contributed by atoms with Crippen LogP contribution in [0.25, 0.3) is 0 Å². The molecule has 4 atom stereocenters. The van der Waals surface area contributed by atoms with Gasteiger partial charge in [0.05, 0.1) is 24.7 Å². The van der Waals surface area contributed by atoms with Crippen LogP contribution in [-0.4, -0.2) is 45.6 Å². The third kappa shape index (κ3) is 9.74. The number of aromatic nitrogens is 1. The van der Waals surface area contributed by atoms with Gasteiger partial charge < -0.3 is 31.9 Å². The minimum atomic E-state index is -0.812. The van der Waals surface area contributed by atoms with Crippen molar-refractivity contribution in [3.05, 3.63) is 131 Å². The summed E-state index contributed by atoms with van der Waals surface area (Å²) in [7, 11) is 0. The summed E-state index contributed by atoms with van der Waals surface area (Å²) >= 11 is 0. The van der Waals surface area contributed by atoms with Crippen LogP contribution in [0.5, 0.6) is 0 Å². The summed E-state index contributed by atoms with van der Waals surface area (Å²) < 4.78 is 0. The van der Waals surface area contributed by atoms with Crippen LogP contribution in [0, 0.1) is 0 Å². The van der Waals surface area contributed by atoms with Crippen molar-refractivity contribution in [2.24, 2.45) is 0 Å². The lowest BCUT2D eigenvalue weighted by Gasteiger charge is -2.20. The number of amides is 2. The van der Waals surface area contributed by atoms with E-state index in [9.17, 15) is 19.8 Å². The second-order valence-electron chi connectivity index (χ2n) is 11.1. The highest BCUT2D eigenvalue weighted by molar-refractivity contribution is 5.94. The highest BCUT2D eigenvalue weighted by atomic mass is 16.3. The van der Waals surface area contributed by atoms with E-state index in [0.717, 1.165) is 28.7 Å². The molecule has 4 aromatic rings. The van der Waals surface area contributed by atoms with Gasteiger partial charge in [-0.05, 0) is 60.7 Å². The first-order valence-corrected chi connectivity index (χ1v) is 14.8. The summed E-state index contributed by atoms with van der Waals surface area (Å²) in [6.07, 6.45) is 1.08. The molecule has 0 aliphatic rings. The first-order valence-electron chi connectivity index (χ1n) is 14.8. The van der Waals surface area contributed by atoms with Gasteiger partial charge in [-0.3, -0.25) is 9.59 Å². The molecule has 44 heavy (non-hydrogen) atoms. The topological polar surface area (TPSA) is 150 Å². The minimum Gasteiger partial charge on any atom is -0.387 e. The van der Waals surface area contributed by atoms with Crippen LogP contribution in [0.15, 0.2) is 97.2 Å². The summed E-state index contributed by atoms with van der Waals surface area (Å²) in [5, 5.41) is 30.1. The number of hydrogen-bond donors (Lipinski definition) is 6. The summed E-state index contributed by atoms with van der Waals surface area (Å²) in [5.74, 6) is 0.0422. The molecule has 0 saturated carbocycles. The number of rotatable bonds is 14. The number of nitrogens with zero attached hydrogens (tertiary/aromatic N) is 1. The molecule has 230 valence electrons. The number of aliphatic hydroxyl groups excluding tert-OH is 2. The second kappa shape index (κ2) is 15.8. The van der Waals surface area contributed by atoms with E-state index in [2.05, 4.69) is 27.9 Å². The Morgan fingerprint density at radius 3 is 2.27 bits per heavy atom. The van der Waals surface area contributed by atoms with E-state index in [1.54, 1.807) is 37.4 Å². The van der Waals surface area contributed by atoms with Crippen molar-refractivity contribution >= 4 is 17.6 Å². The van der Waals surface area contributed by atoms with Crippen molar-refractivity contribution in [1.82, 2.24) is 20.9 Å². The summed E-state index contributed by atoms with van der Waals surface area (Å²) in [5.41, 5.74) is 10.4. The molecule has 0 aliphatic carbocycles. The maximum absolute atomic E-state index is 12.7. The van der Waals surface area contributed by atoms with Gasteiger partial charge in [0.25, 0.3) is 5.91 Å². The Balaban J connectivity index is 1.20. The van der Waals surface area contributed by atoms with Crippen LogP contribution in [0.2, 0.25) is 0 Å². The molecule has 0 aliphatic heterocycles. The third-order valence-electron chi connectivity index (χ3n) is 7.43. The van der Waals surface area contributed by atoms with E-state index in [1.807, 2.05) is 66.7 Å². The molecule has 9 heteroatoms. The smallest absolute Gasteiger partial charge is 0.251 e. The van der Waals surface area contributed by atoms with E-state index in [1.165, 1.54) is 0 Å². The van der Waals surface area contributed by atoms with Crippen molar-refractivity contribution in [1.29, 1.82) is 0 Å². The predicted octanol–water partition coefficient (Wildman–Crippen LogP) is 3.63. The number of nitrogen functional groups attached to an aromatic ring is 1. The molecule has 0 spiro atoms. The summed E-state index contributed by atoms with van der Waals surface area (Å²) in [4.78, 5) is 29.4. The highest BCUT2D eigenvalue weighted by Crippen LogP contribution is 2.17. The molecule has 9 nitrogen and oxygen atoms in total. The molecular formula is C35H41N5O4. The molecule has 0 radical (unpaired) electrons. The van der Waals surface area contributed by atoms with E-state index in [-0.39, 0.29) is 24.3 Å². The fourth-order valence-corrected chi connectivity index (χ4v) is 4.87. The molecule has 1 unspecified atom stereocenters. The van der Waals surface area contributed by atoms with Crippen LogP contribution in [0.1, 0.15) is 64.2 Å². The molecule has 2 amide bonds. The van der Waals surface area contributed by atoms with Crippen molar-refractivity contribution in [3.63, 3.8) is 0 Å². The maximum Gasteiger partial charge on any atom is 0.251 e. The number of aliphatic hydroxyl groups is 2. The second-order valence-corrected chi connectivity index (χ2v) is 11.1. The largest absolute Gasteiger partial charge is 0.387 e. The molecular weight excluding hydrogens is 554 g/mol. The Bertz CT molecular complexity index is 1500. The van der Waals surface area contributed by atoms with Gasteiger partial charge in [-0.1, -0.05) is 72.8 Å². The molecule has 4 rings (SSSR count). The summed E-state index contributed by atoms with van der Waals surface area (Å²) in [6, 6.07) is 27.3. The molecule has 3 aromatic carbocycles. The standard InChI is InChI=1S/C35H41N5O4/c1-23(37-22-31(41)30-15-16-32(36)38-21-30)17-26-7-6-8-27(18-26)19-33(42)39-20-25-11-13-29(14-12-25)35(44)40-24(2)34(43)28-9-4-3-5-10-28/h3-16,18,21,23-24,31,34,37,41,43H,17,19-20,22H2,1-2H3,(H2,36,38)(H,39,42)(H,40,44)/t23?,24-,31+,34-/m1/s1. The monoisotopic (exact) mass is 595 g/mol. The molecule has 0 saturated heterocycles. The lowest BCUT2D eigenvalue weighted by Crippen LogP contribution is -2.37. The minimum absolute atomic E-state index is 0.0981. The zero-order valence-corrected chi connectivity index (χ0v) is 25.1. The van der Waals surface area contributed by atoms with Gasteiger partial charge in [0, 0.05) is 36.5 Å². The number of pyridine rings is 1. The van der Waals surface area contributed by atoms with Gasteiger partial charge >= 0.3 is 0 Å². The van der Waals surface area contributed by atoms with Crippen molar-refractivity contribution in [3.8, 4) is 0 Å². The fourth-order valence-electron chi connectivity index (χ4n) is 4.87. The number of anilines is 1. The number of benzene rings is 3. The zero-order valence-electron chi connectivity index (χ0n) is 25.1. The Labute approximate surface area is 258 Å². The summed E-state index contributed by atoms with van der Waals surface area (Å²) in [6.45, 7) is 4.55. The average molecular weight is 596 g/mol.